The van der Waals surface area contributed by atoms with Gasteiger partial charge in [-0.2, -0.15) is 0 Å². The molecule has 0 aromatic heterocycles. The second kappa shape index (κ2) is 7.10. The molecule has 4 aromatic carbocycles. The Labute approximate surface area is 184 Å². The van der Waals surface area contributed by atoms with Crippen molar-refractivity contribution in [3.63, 3.8) is 0 Å². The van der Waals surface area contributed by atoms with E-state index in [1.165, 1.54) is 55.3 Å². The quantitative estimate of drug-likeness (QED) is 0.325. The van der Waals surface area contributed by atoms with Gasteiger partial charge in [0.05, 0.1) is 0 Å². The largest absolute Gasteiger partial charge is 0.0652 e. The standard InChI is InChI=1S/C31H26/c1-20-18-23-11-4-6-14-25(23)29(20)19-30-21(2)31(28-16-8-7-15-26(28)30)27-17-9-12-22-10-3-5-13-24(22)27/h3-18,29-30H,19H2,1-2H3. The minimum absolute atomic E-state index is 0.449. The highest BCUT2D eigenvalue weighted by Crippen LogP contribution is 2.51. The van der Waals surface area contributed by atoms with Gasteiger partial charge in [-0.3, -0.25) is 0 Å². The molecule has 2 aliphatic carbocycles. The molecule has 0 fully saturated rings. The van der Waals surface area contributed by atoms with Gasteiger partial charge >= 0.3 is 0 Å². The highest BCUT2D eigenvalue weighted by molar-refractivity contribution is 6.00. The Morgan fingerprint density at radius 1 is 0.613 bits per heavy atom. The van der Waals surface area contributed by atoms with Crippen LogP contribution in [0.5, 0.6) is 0 Å². The van der Waals surface area contributed by atoms with Gasteiger partial charge in [0, 0.05) is 11.8 Å². The number of hydrogen-bond acceptors (Lipinski definition) is 0. The lowest BCUT2D eigenvalue weighted by atomic mass is 9.82. The highest BCUT2D eigenvalue weighted by atomic mass is 14.4. The van der Waals surface area contributed by atoms with Crippen molar-refractivity contribution < 1.29 is 0 Å². The summed E-state index contributed by atoms with van der Waals surface area (Å²) in [6.45, 7) is 4.66. The van der Waals surface area contributed by atoms with Gasteiger partial charge < -0.3 is 0 Å². The van der Waals surface area contributed by atoms with Crippen molar-refractivity contribution in [3.8, 4) is 0 Å². The van der Waals surface area contributed by atoms with Crippen molar-refractivity contribution in [1.82, 2.24) is 0 Å². The molecule has 0 radical (unpaired) electrons. The molecule has 2 atom stereocenters. The number of rotatable bonds is 3. The van der Waals surface area contributed by atoms with Crippen LogP contribution < -0.4 is 0 Å². The van der Waals surface area contributed by atoms with E-state index in [0.29, 0.717) is 11.8 Å². The van der Waals surface area contributed by atoms with Crippen LogP contribution in [0.4, 0.5) is 0 Å². The summed E-state index contributed by atoms with van der Waals surface area (Å²) in [5.74, 6) is 0.945. The van der Waals surface area contributed by atoms with E-state index in [1.54, 1.807) is 0 Å². The summed E-state index contributed by atoms with van der Waals surface area (Å²) in [5, 5.41) is 2.65. The zero-order valence-electron chi connectivity index (χ0n) is 18.1. The zero-order valence-corrected chi connectivity index (χ0v) is 18.1. The van der Waals surface area contributed by atoms with Gasteiger partial charge in [-0.25, -0.2) is 0 Å². The van der Waals surface area contributed by atoms with E-state index in [9.17, 15) is 0 Å². The maximum Gasteiger partial charge on any atom is 0.00699 e. The first-order valence-corrected chi connectivity index (χ1v) is 11.3. The van der Waals surface area contributed by atoms with E-state index in [4.69, 9.17) is 0 Å². The number of benzene rings is 4. The third-order valence-electron chi connectivity index (χ3n) is 7.36. The molecular weight excluding hydrogens is 372 g/mol. The number of allylic oxidation sites excluding steroid dienone is 2. The van der Waals surface area contributed by atoms with Crippen LogP contribution in [-0.2, 0) is 0 Å². The smallest absolute Gasteiger partial charge is 0.00699 e. The van der Waals surface area contributed by atoms with E-state index < -0.39 is 0 Å². The number of hydrogen-bond donors (Lipinski definition) is 0. The van der Waals surface area contributed by atoms with Crippen LogP contribution in [0.1, 0.15) is 59.9 Å². The third kappa shape index (κ3) is 2.82. The lowest BCUT2D eigenvalue weighted by Crippen LogP contribution is -2.06. The first-order chi connectivity index (χ1) is 15.2. The van der Waals surface area contributed by atoms with Gasteiger partial charge in [-0.15, -0.1) is 0 Å². The fraction of sp³-hybridized carbons (Fsp3) is 0.161. The Hall–Kier alpha value is -3.38. The minimum Gasteiger partial charge on any atom is -0.0652 e. The van der Waals surface area contributed by atoms with Crippen LogP contribution in [0.15, 0.2) is 102 Å². The Bertz CT molecular complexity index is 1380. The average molecular weight is 399 g/mol. The first kappa shape index (κ1) is 18.4. The normalized spacial score (nSPS) is 19.5. The van der Waals surface area contributed by atoms with Crippen molar-refractivity contribution in [3.05, 3.63) is 130 Å². The van der Waals surface area contributed by atoms with Crippen molar-refractivity contribution in [2.75, 3.05) is 0 Å². The zero-order chi connectivity index (χ0) is 20.9. The molecule has 4 aromatic rings. The summed E-state index contributed by atoms with van der Waals surface area (Å²) in [7, 11) is 0. The lowest BCUT2D eigenvalue weighted by molar-refractivity contribution is 0.642. The predicted molar refractivity (Wildman–Crippen MR) is 132 cm³/mol. The Balaban J connectivity index is 1.50. The van der Waals surface area contributed by atoms with E-state index in [-0.39, 0.29) is 0 Å². The van der Waals surface area contributed by atoms with Crippen molar-refractivity contribution in [2.24, 2.45) is 0 Å². The topological polar surface area (TPSA) is 0 Å². The highest BCUT2D eigenvalue weighted by Gasteiger charge is 2.33. The van der Waals surface area contributed by atoms with Gasteiger partial charge in [0.25, 0.3) is 0 Å². The molecule has 0 saturated heterocycles. The molecule has 0 spiro atoms. The Kier molecular flexibility index (Phi) is 4.21. The molecule has 0 heterocycles. The monoisotopic (exact) mass is 398 g/mol. The summed E-state index contributed by atoms with van der Waals surface area (Å²) in [6, 6.07) is 33.5. The van der Waals surface area contributed by atoms with Gasteiger partial charge in [0.2, 0.25) is 0 Å². The summed E-state index contributed by atoms with van der Waals surface area (Å²) >= 11 is 0. The molecule has 31 heavy (non-hydrogen) atoms. The van der Waals surface area contributed by atoms with Crippen molar-refractivity contribution in [1.29, 1.82) is 0 Å². The summed E-state index contributed by atoms with van der Waals surface area (Å²) in [5.41, 5.74) is 11.6. The molecule has 0 heteroatoms. The van der Waals surface area contributed by atoms with E-state index in [2.05, 4.69) is 111 Å². The Morgan fingerprint density at radius 2 is 1.29 bits per heavy atom. The summed E-state index contributed by atoms with van der Waals surface area (Å²) in [4.78, 5) is 0. The van der Waals surface area contributed by atoms with Crippen LogP contribution in [0, 0.1) is 0 Å². The van der Waals surface area contributed by atoms with Crippen LogP contribution in [0.25, 0.3) is 22.4 Å². The maximum absolute atomic E-state index is 2.38. The second-order valence-corrected chi connectivity index (χ2v) is 9.03. The predicted octanol–water partition coefficient (Wildman–Crippen LogP) is 8.35. The molecule has 0 aliphatic heterocycles. The van der Waals surface area contributed by atoms with E-state index in [0.717, 1.165) is 6.42 Å². The molecular formula is C31H26. The van der Waals surface area contributed by atoms with Crippen LogP contribution >= 0.6 is 0 Å². The molecule has 0 nitrogen and oxygen atoms in total. The summed E-state index contributed by atoms with van der Waals surface area (Å²) in [6.07, 6.45) is 3.52. The van der Waals surface area contributed by atoms with E-state index in [1.807, 2.05) is 0 Å². The molecule has 0 N–H and O–H groups in total. The maximum atomic E-state index is 2.38. The molecule has 2 aliphatic rings. The molecule has 0 amide bonds. The van der Waals surface area contributed by atoms with Gasteiger partial charge in [0.1, 0.15) is 0 Å². The fourth-order valence-corrected chi connectivity index (χ4v) is 5.85. The SMILES string of the molecule is CC1=Cc2ccccc2C1CC1C(C)=C(c2cccc3ccccc23)c2ccccc21. The minimum atomic E-state index is 0.449. The molecule has 2 unspecified atom stereocenters. The van der Waals surface area contributed by atoms with Crippen molar-refractivity contribution >= 4 is 22.4 Å². The van der Waals surface area contributed by atoms with E-state index >= 15 is 0 Å². The number of fused-ring (bicyclic) bond motifs is 3. The van der Waals surface area contributed by atoms with Crippen molar-refractivity contribution in [2.45, 2.75) is 32.1 Å². The van der Waals surface area contributed by atoms with Crippen LogP contribution in [0.2, 0.25) is 0 Å². The Morgan fingerprint density at radius 3 is 2.19 bits per heavy atom. The first-order valence-electron chi connectivity index (χ1n) is 11.3. The van der Waals surface area contributed by atoms with Crippen LogP contribution in [0.3, 0.4) is 0 Å². The van der Waals surface area contributed by atoms with Gasteiger partial charge in [-0.05, 0) is 64.4 Å². The lowest BCUT2D eigenvalue weighted by Gasteiger charge is -2.22. The fourth-order valence-electron chi connectivity index (χ4n) is 5.85. The molecule has 6 rings (SSSR count). The molecule has 0 bridgehead atoms. The second-order valence-electron chi connectivity index (χ2n) is 9.03. The van der Waals surface area contributed by atoms with Gasteiger partial charge in [0.15, 0.2) is 0 Å². The van der Waals surface area contributed by atoms with Crippen LogP contribution in [-0.4, -0.2) is 0 Å². The van der Waals surface area contributed by atoms with Gasteiger partial charge in [-0.1, -0.05) is 108 Å². The summed E-state index contributed by atoms with van der Waals surface area (Å²) < 4.78 is 0. The molecule has 0 saturated carbocycles. The molecule has 150 valence electrons. The average Bonchev–Trinajstić information content (AvgIpc) is 3.27. The third-order valence-corrected chi connectivity index (χ3v) is 7.36.